The van der Waals surface area contributed by atoms with Crippen molar-refractivity contribution in [2.75, 3.05) is 6.54 Å². The van der Waals surface area contributed by atoms with Crippen molar-refractivity contribution in [2.45, 2.75) is 64.0 Å². The predicted molar refractivity (Wildman–Crippen MR) is 81.3 cm³/mol. The van der Waals surface area contributed by atoms with Gasteiger partial charge in [-0.3, -0.25) is 4.79 Å². The lowest BCUT2D eigenvalue weighted by atomic mass is 9.96. The Morgan fingerprint density at radius 3 is 2.80 bits per heavy atom. The van der Waals surface area contributed by atoms with Gasteiger partial charge in [-0.05, 0) is 64.0 Å². The van der Waals surface area contributed by atoms with Gasteiger partial charge in [0.25, 0.3) is 5.91 Å². The van der Waals surface area contributed by atoms with Crippen molar-refractivity contribution in [2.24, 2.45) is 0 Å². The summed E-state index contributed by atoms with van der Waals surface area (Å²) in [5.41, 5.74) is 0.562. The highest BCUT2D eigenvalue weighted by molar-refractivity contribution is 7.14. The van der Waals surface area contributed by atoms with Gasteiger partial charge >= 0.3 is 0 Å². The van der Waals surface area contributed by atoms with Crippen LogP contribution in [-0.2, 0) is 12.8 Å². The first-order valence-corrected chi connectivity index (χ1v) is 8.43. The van der Waals surface area contributed by atoms with Gasteiger partial charge in [0.2, 0.25) is 0 Å². The summed E-state index contributed by atoms with van der Waals surface area (Å²) in [7, 11) is 0. The van der Waals surface area contributed by atoms with E-state index in [0.717, 1.165) is 37.1 Å². The Balaban J connectivity index is 1.83. The van der Waals surface area contributed by atoms with E-state index in [1.807, 2.05) is 18.7 Å². The maximum absolute atomic E-state index is 12.7. The molecule has 4 heteroatoms. The maximum atomic E-state index is 12.7. The van der Waals surface area contributed by atoms with Crippen LogP contribution in [0.1, 0.15) is 59.6 Å². The molecule has 2 heterocycles. The first kappa shape index (κ1) is 14.1. The molecule has 1 amide bonds. The Kier molecular flexibility index (Phi) is 3.63. The van der Waals surface area contributed by atoms with E-state index in [4.69, 9.17) is 0 Å². The molecule has 0 aromatic carbocycles. The molecular formula is C16H23NO2S. The number of carbonyl (C=O) groups is 1. The van der Waals surface area contributed by atoms with Gasteiger partial charge in [-0.25, -0.2) is 0 Å². The summed E-state index contributed by atoms with van der Waals surface area (Å²) in [5, 5.41) is 10.3. The van der Waals surface area contributed by atoms with Crippen LogP contribution in [0.3, 0.4) is 0 Å². The average molecular weight is 293 g/mol. The number of hydrogen-bond acceptors (Lipinski definition) is 3. The molecule has 20 heavy (non-hydrogen) atoms. The Labute approximate surface area is 124 Å². The van der Waals surface area contributed by atoms with Gasteiger partial charge in [-0.1, -0.05) is 0 Å². The van der Waals surface area contributed by atoms with Crippen LogP contribution in [0, 0.1) is 0 Å². The maximum Gasteiger partial charge on any atom is 0.264 e. The molecule has 0 saturated carbocycles. The molecule has 1 saturated heterocycles. The largest absolute Gasteiger partial charge is 0.388 e. The number of hydrogen-bond donors (Lipinski definition) is 1. The zero-order valence-electron chi connectivity index (χ0n) is 12.3. The third-order valence-corrected chi connectivity index (χ3v) is 5.76. The fraction of sp³-hybridized carbons (Fsp3) is 0.688. The van der Waals surface area contributed by atoms with Crippen LogP contribution >= 0.6 is 11.3 Å². The number of nitrogens with zero attached hydrogens (tertiary/aromatic N) is 1. The highest BCUT2D eigenvalue weighted by atomic mass is 32.1. The van der Waals surface area contributed by atoms with Gasteiger partial charge in [0.15, 0.2) is 0 Å². The lowest BCUT2D eigenvalue weighted by molar-refractivity contribution is 0.000519. The second-order valence-corrected chi connectivity index (χ2v) is 7.71. The fourth-order valence-electron chi connectivity index (χ4n) is 3.48. The van der Waals surface area contributed by atoms with Crippen molar-refractivity contribution < 1.29 is 9.90 Å². The molecule has 0 bridgehead atoms. The third kappa shape index (κ3) is 2.51. The standard InChI is InChI=1S/C16H23NO2S/c1-16(2,19)14-8-5-9-17(14)15(18)13-10-11-6-3-4-7-12(11)20-13/h10,14,19H,3-9H2,1-2H3. The van der Waals surface area contributed by atoms with Gasteiger partial charge < -0.3 is 10.0 Å². The van der Waals surface area contributed by atoms with Crippen molar-refractivity contribution >= 4 is 17.2 Å². The smallest absolute Gasteiger partial charge is 0.264 e. The third-order valence-electron chi connectivity index (χ3n) is 4.54. The molecule has 1 aliphatic carbocycles. The van der Waals surface area contributed by atoms with Crippen molar-refractivity contribution in [1.82, 2.24) is 4.90 Å². The number of aliphatic hydroxyl groups is 1. The molecule has 0 radical (unpaired) electrons. The minimum atomic E-state index is -0.816. The number of aryl methyl sites for hydroxylation is 2. The Morgan fingerprint density at radius 2 is 2.10 bits per heavy atom. The zero-order valence-corrected chi connectivity index (χ0v) is 13.1. The molecule has 110 valence electrons. The van der Waals surface area contributed by atoms with Crippen LogP contribution in [0.4, 0.5) is 0 Å². The number of amides is 1. The van der Waals surface area contributed by atoms with Gasteiger partial charge in [0.1, 0.15) is 0 Å². The van der Waals surface area contributed by atoms with Crippen LogP contribution in [0.5, 0.6) is 0 Å². The monoisotopic (exact) mass is 293 g/mol. The van der Waals surface area contributed by atoms with Crippen molar-refractivity contribution in [1.29, 1.82) is 0 Å². The average Bonchev–Trinajstić information content (AvgIpc) is 3.03. The lowest BCUT2D eigenvalue weighted by Gasteiger charge is -2.33. The molecule has 1 aliphatic heterocycles. The molecule has 1 atom stereocenters. The summed E-state index contributed by atoms with van der Waals surface area (Å²) < 4.78 is 0. The predicted octanol–water partition coefficient (Wildman–Crippen LogP) is 3.00. The molecular weight excluding hydrogens is 270 g/mol. The minimum Gasteiger partial charge on any atom is -0.388 e. The first-order chi connectivity index (χ1) is 9.47. The van der Waals surface area contributed by atoms with Gasteiger partial charge in [0.05, 0.1) is 16.5 Å². The molecule has 0 spiro atoms. The van der Waals surface area contributed by atoms with E-state index in [0.29, 0.717) is 0 Å². The molecule has 1 aromatic rings. The van der Waals surface area contributed by atoms with E-state index in [1.54, 1.807) is 11.3 Å². The second kappa shape index (κ2) is 5.15. The number of carbonyl (C=O) groups excluding carboxylic acids is 1. The number of likely N-dealkylation sites (tertiary alicyclic amines) is 1. The van der Waals surface area contributed by atoms with Crippen LogP contribution in [0.15, 0.2) is 6.07 Å². The summed E-state index contributed by atoms with van der Waals surface area (Å²) in [6.45, 7) is 4.39. The van der Waals surface area contributed by atoms with E-state index >= 15 is 0 Å². The fourth-order valence-corrected chi connectivity index (χ4v) is 4.69. The van der Waals surface area contributed by atoms with Crippen LogP contribution in [0.25, 0.3) is 0 Å². The lowest BCUT2D eigenvalue weighted by Crippen LogP contribution is -2.48. The summed E-state index contributed by atoms with van der Waals surface area (Å²) >= 11 is 1.67. The van der Waals surface area contributed by atoms with E-state index in [1.165, 1.54) is 23.3 Å². The Bertz CT molecular complexity index is 492. The van der Waals surface area contributed by atoms with Crippen molar-refractivity contribution in [3.05, 3.63) is 21.4 Å². The molecule has 1 fully saturated rings. The van der Waals surface area contributed by atoms with Crippen molar-refractivity contribution in [3.63, 3.8) is 0 Å². The van der Waals surface area contributed by atoms with E-state index in [9.17, 15) is 9.90 Å². The summed E-state index contributed by atoms with van der Waals surface area (Å²) in [6, 6.07) is 2.05. The van der Waals surface area contributed by atoms with Gasteiger partial charge in [-0.15, -0.1) is 11.3 Å². The van der Waals surface area contributed by atoms with Crippen LogP contribution in [-0.4, -0.2) is 34.1 Å². The second-order valence-electron chi connectivity index (χ2n) is 6.58. The molecule has 2 aliphatic rings. The number of fused-ring (bicyclic) bond motifs is 1. The minimum absolute atomic E-state index is 0.0471. The van der Waals surface area contributed by atoms with E-state index < -0.39 is 5.60 Å². The molecule has 3 rings (SSSR count). The SMILES string of the molecule is CC(C)(O)C1CCCN1C(=O)c1cc2c(s1)CCCC2. The topological polar surface area (TPSA) is 40.5 Å². The normalized spacial score (nSPS) is 22.9. The Hall–Kier alpha value is -0.870. The Morgan fingerprint density at radius 1 is 1.35 bits per heavy atom. The van der Waals surface area contributed by atoms with Crippen LogP contribution in [0.2, 0.25) is 0 Å². The first-order valence-electron chi connectivity index (χ1n) is 7.62. The van der Waals surface area contributed by atoms with E-state index in [2.05, 4.69) is 6.07 Å². The summed E-state index contributed by atoms with van der Waals surface area (Å²) in [6.07, 6.45) is 6.63. The highest BCUT2D eigenvalue weighted by Crippen LogP contribution is 2.33. The van der Waals surface area contributed by atoms with Gasteiger partial charge in [0, 0.05) is 11.4 Å². The molecule has 1 unspecified atom stereocenters. The zero-order chi connectivity index (χ0) is 14.3. The van der Waals surface area contributed by atoms with Gasteiger partial charge in [-0.2, -0.15) is 0 Å². The molecule has 3 nitrogen and oxygen atoms in total. The summed E-state index contributed by atoms with van der Waals surface area (Å²) in [5.74, 6) is 0.119. The number of rotatable bonds is 2. The number of thiophene rings is 1. The summed E-state index contributed by atoms with van der Waals surface area (Å²) in [4.78, 5) is 16.9. The highest BCUT2D eigenvalue weighted by Gasteiger charge is 2.39. The van der Waals surface area contributed by atoms with Crippen molar-refractivity contribution in [3.8, 4) is 0 Å². The quantitative estimate of drug-likeness (QED) is 0.910. The van der Waals surface area contributed by atoms with E-state index in [-0.39, 0.29) is 11.9 Å². The molecule has 1 N–H and O–H groups in total. The van der Waals surface area contributed by atoms with Crippen LogP contribution < -0.4 is 0 Å². The molecule has 1 aromatic heterocycles.